The van der Waals surface area contributed by atoms with Crippen molar-refractivity contribution in [2.24, 2.45) is 10.7 Å². The standard InChI is InChI=1S/C12H15N3/c1-3-4-8-14-12(13)15-11-7-5-6-10(2)9-11/h5-7,9H,8H2,1-2H3,(H3,13,14,15). The molecule has 1 aromatic carbocycles. The van der Waals surface area contributed by atoms with Crippen molar-refractivity contribution < 1.29 is 0 Å². The minimum Gasteiger partial charge on any atom is -0.370 e. The highest BCUT2D eigenvalue weighted by atomic mass is 15.1. The SMILES string of the molecule is CC#CCN=C(N)Nc1cccc(C)c1. The Bertz CT molecular complexity index is 410. The molecule has 3 N–H and O–H groups in total. The Morgan fingerprint density at radius 1 is 1.53 bits per heavy atom. The highest BCUT2D eigenvalue weighted by Gasteiger charge is 1.93. The van der Waals surface area contributed by atoms with E-state index in [2.05, 4.69) is 22.2 Å². The van der Waals surface area contributed by atoms with Crippen LogP contribution in [0.25, 0.3) is 0 Å². The molecule has 0 bridgehead atoms. The monoisotopic (exact) mass is 201 g/mol. The molecule has 0 aliphatic carbocycles. The van der Waals surface area contributed by atoms with Gasteiger partial charge in [-0.05, 0) is 31.5 Å². The minimum atomic E-state index is 0.392. The predicted molar refractivity (Wildman–Crippen MR) is 64.7 cm³/mol. The van der Waals surface area contributed by atoms with E-state index in [1.165, 1.54) is 5.56 Å². The van der Waals surface area contributed by atoms with Gasteiger partial charge in [-0.3, -0.25) is 0 Å². The van der Waals surface area contributed by atoms with Crippen LogP contribution in [0.1, 0.15) is 12.5 Å². The van der Waals surface area contributed by atoms with E-state index in [0.29, 0.717) is 12.5 Å². The molecule has 0 radical (unpaired) electrons. The first-order valence-electron chi connectivity index (χ1n) is 4.75. The van der Waals surface area contributed by atoms with Crippen molar-refractivity contribution in [1.29, 1.82) is 0 Å². The molecule has 78 valence electrons. The van der Waals surface area contributed by atoms with Crippen LogP contribution in [0.3, 0.4) is 0 Å². The van der Waals surface area contributed by atoms with Gasteiger partial charge in [-0.1, -0.05) is 18.1 Å². The third-order valence-corrected chi connectivity index (χ3v) is 1.80. The van der Waals surface area contributed by atoms with Gasteiger partial charge in [-0.2, -0.15) is 0 Å². The van der Waals surface area contributed by atoms with Crippen LogP contribution in [-0.2, 0) is 0 Å². The molecule has 1 rings (SSSR count). The Morgan fingerprint density at radius 3 is 3.00 bits per heavy atom. The fraction of sp³-hybridized carbons (Fsp3) is 0.250. The quantitative estimate of drug-likeness (QED) is 0.435. The van der Waals surface area contributed by atoms with E-state index in [1.807, 2.05) is 31.2 Å². The van der Waals surface area contributed by atoms with Crippen LogP contribution in [-0.4, -0.2) is 12.5 Å². The summed E-state index contributed by atoms with van der Waals surface area (Å²) in [5.41, 5.74) is 7.79. The van der Waals surface area contributed by atoms with Gasteiger partial charge in [-0.25, -0.2) is 4.99 Å². The summed E-state index contributed by atoms with van der Waals surface area (Å²) in [5, 5.41) is 3.00. The van der Waals surface area contributed by atoms with Crippen molar-refractivity contribution in [3.05, 3.63) is 29.8 Å². The Morgan fingerprint density at radius 2 is 2.33 bits per heavy atom. The molecular formula is C12H15N3. The van der Waals surface area contributed by atoms with Crippen molar-refractivity contribution in [2.45, 2.75) is 13.8 Å². The van der Waals surface area contributed by atoms with E-state index < -0.39 is 0 Å². The van der Waals surface area contributed by atoms with Crippen molar-refractivity contribution in [2.75, 3.05) is 11.9 Å². The summed E-state index contributed by atoms with van der Waals surface area (Å²) < 4.78 is 0. The molecule has 0 aromatic heterocycles. The van der Waals surface area contributed by atoms with Crippen LogP contribution < -0.4 is 11.1 Å². The molecule has 0 saturated carbocycles. The maximum Gasteiger partial charge on any atom is 0.194 e. The maximum atomic E-state index is 5.67. The number of aliphatic imine (C=N–C) groups is 1. The van der Waals surface area contributed by atoms with Gasteiger partial charge >= 0.3 is 0 Å². The second-order valence-corrected chi connectivity index (χ2v) is 3.12. The molecule has 0 spiro atoms. The van der Waals surface area contributed by atoms with Crippen LogP contribution in [0.2, 0.25) is 0 Å². The minimum absolute atomic E-state index is 0.392. The van der Waals surface area contributed by atoms with Crippen molar-refractivity contribution >= 4 is 11.6 Å². The summed E-state index contributed by atoms with van der Waals surface area (Å²) >= 11 is 0. The average molecular weight is 201 g/mol. The molecule has 0 unspecified atom stereocenters. The Kier molecular flexibility index (Phi) is 4.24. The topological polar surface area (TPSA) is 50.4 Å². The number of nitrogens with two attached hydrogens (primary N) is 1. The van der Waals surface area contributed by atoms with E-state index >= 15 is 0 Å². The summed E-state index contributed by atoms with van der Waals surface area (Å²) in [7, 11) is 0. The highest BCUT2D eigenvalue weighted by molar-refractivity contribution is 5.92. The number of hydrogen-bond acceptors (Lipinski definition) is 1. The Balaban J connectivity index is 2.60. The fourth-order valence-corrected chi connectivity index (χ4v) is 1.11. The van der Waals surface area contributed by atoms with Crippen LogP contribution in [0.5, 0.6) is 0 Å². The van der Waals surface area contributed by atoms with E-state index in [9.17, 15) is 0 Å². The number of aryl methyl sites for hydroxylation is 1. The lowest BCUT2D eigenvalue weighted by atomic mass is 10.2. The predicted octanol–water partition coefficient (Wildman–Crippen LogP) is 1.74. The van der Waals surface area contributed by atoms with Crippen LogP contribution in [0.4, 0.5) is 5.69 Å². The number of hydrogen-bond donors (Lipinski definition) is 2. The number of anilines is 1. The summed E-state index contributed by atoms with van der Waals surface area (Å²) in [6, 6.07) is 7.95. The first kappa shape index (κ1) is 11.1. The zero-order chi connectivity index (χ0) is 11.1. The van der Waals surface area contributed by atoms with Crippen molar-refractivity contribution in [3.63, 3.8) is 0 Å². The second kappa shape index (κ2) is 5.71. The molecule has 0 fully saturated rings. The highest BCUT2D eigenvalue weighted by Crippen LogP contribution is 2.08. The molecule has 0 saturated heterocycles. The lowest BCUT2D eigenvalue weighted by Crippen LogP contribution is -2.22. The first-order chi connectivity index (χ1) is 7.22. The molecule has 3 nitrogen and oxygen atoms in total. The Hall–Kier alpha value is -1.95. The second-order valence-electron chi connectivity index (χ2n) is 3.12. The number of nitrogens with zero attached hydrogens (tertiary/aromatic N) is 1. The number of benzene rings is 1. The van der Waals surface area contributed by atoms with Gasteiger partial charge in [0.15, 0.2) is 5.96 Å². The number of nitrogens with one attached hydrogen (secondary N) is 1. The van der Waals surface area contributed by atoms with Gasteiger partial charge < -0.3 is 11.1 Å². The van der Waals surface area contributed by atoms with Crippen molar-refractivity contribution in [1.82, 2.24) is 0 Å². The molecule has 3 heteroatoms. The molecule has 0 heterocycles. The van der Waals surface area contributed by atoms with Crippen LogP contribution >= 0.6 is 0 Å². The van der Waals surface area contributed by atoms with E-state index in [4.69, 9.17) is 5.73 Å². The van der Waals surface area contributed by atoms with E-state index in [1.54, 1.807) is 6.92 Å². The third-order valence-electron chi connectivity index (χ3n) is 1.80. The van der Waals surface area contributed by atoms with Gasteiger partial charge in [0.1, 0.15) is 6.54 Å². The molecular weight excluding hydrogens is 186 g/mol. The van der Waals surface area contributed by atoms with Gasteiger partial charge in [0, 0.05) is 5.69 Å². The smallest absolute Gasteiger partial charge is 0.194 e. The van der Waals surface area contributed by atoms with Gasteiger partial charge in [0.2, 0.25) is 0 Å². The number of rotatable bonds is 2. The van der Waals surface area contributed by atoms with E-state index in [-0.39, 0.29) is 0 Å². The zero-order valence-electron chi connectivity index (χ0n) is 9.04. The third kappa shape index (κ3) is 4.19. The summed E-state index contributed by atoms with van der Waals surface area (Å²) in [6.45, 7) is 4.24. The summed E-state index contributed by atoms with van der Waals surface area (Å²) in [5.74, 6) is 5.97. The Labute approximate surface area is 90.4 Å². The van der Waals surface area contributed by atoms with Gasteiger partial charge in [-0.15, -0.1) is 5.92 Å². The largest absolute Gasteiger partial charge is 0.370 e. The number of guanidine groups is 1. The average Bonchev–Trinajstić information content (AvgIpc) is 2.18. The zero-order valence-corrected chi connectivity index (χ0v) is 9.04. The van der Waals surface area contributed by atoms with Gasteiger partial charge in [0.05, 0.1) is 0 Å². The van der Waals surface area contributed by atoms with E-state index in [0.717, 1.165) is 5.69 Å². The lowest BCUT2D eigenvalue weighted by molar-refractivity contribution is 1.25. The van der Waals surface area contributed by atoms with Crippen LogP contribution in [0, 0.1) is 18.8 Å². The summed E-state index contributed by atoms with van der Waals surface area (Å²) in [6.07, 6.45) is 0. The maximum absolute atomic E-state index is 5.67. The molecule has 1 aromatic rings. The molecule has 0 atom stereocenters. The molecule has 0 aliphatic rings. The lowest BCUT2D eigenvalue weighted by Gasteiger charge is -2.05. The normalized spacial score (nSPS) is 10.4. The fourth-order valence-electron chi connectivity index (χ4n) is 1.11. The van der Waals surface area contributed by atoms with Gasteiger partial charge in [0.25, 0.3) is 0 Å². The molecule has 0 aliphatic heterocycles. The first-order valence-corrected chi connectivity index (χ1v) is 4.75. The van der Waals surface area contributed by atoms with Crippen LogP contribution in [0.15, 0.2) is 29.3 Å². The molecule has 15 heavy (non-hydrogen) atoms. The molecule has 0 amide bonds. The van der Waals surface area contributed by atoms with Crippen molar-refractivity contribution in [3.8, 4) is 11.8 Å². The summed E-state index contributed by atoms with van der Waals surface area (Å²) in [4.78, 5) is 4.05.